The van der Waals surface area contributed by atoms with Crippen molar-refractivity contribution in [3.8, 4) is 0 Å². The summed E-state index contributed by atoms with van der Waals surface area (Å²) < 4.78 is 43.5. The van der Waals surface area contributed by atoms with E-state index >= 15 is 0 Å². The first-order valence-corrected chi connectivity index (χ1v) is 10.1. The lowest BCUT2D eigenvalue weighted by molar-refractivity contribution is 0.0696. The molecule has 28 heavy (non-hydrogen) atoms. The molecule has 0 amide bonds. The SMILES string of the molecule is O=C(O)c1ccc(S(=O)(=O)N2CCn3cccc3C2c2ccc(F)cc2)cc1. The zero-order valence-electron chi connectivity index (χ0n) is 14.7. The molecule has 2 heterocycles. The van der Waals surface area contributed by atoms with Crippen LogP contribution in [0.25, 0.3) is 0 Å². The zero-order chi connectivity index (χ0) is 19.9. The summed E-state index contributed by atoms with van der Waals surface area (Å²) in [5.41, 5.74) is 1.47. The second kappa shape index (κ2) is 6.88. The highest BCUT2D eigenvalue weighted by atomic mass is 32.2. The lowest BCUT2D eigenvalue weighted by Gasteiger charge is -2.36. The molecule has 6 nitrogen and oxygen atoms in total. The van der Waals surface area contributed by atoms with E-state index in [1.807, 2.05) is 22.9 Å². The van der Waals surface area contributed by atoms with Crippen LogP contribution in [0.1, 0.15) is 27.7 Å². The number of aromatic nitrogens is 1. The molecule has 1 atom stereocenters. The lowest BCUT2D eigenvalue weighted by atomic mass is 10.0. The fourth-order valence-corrected chi connectivity index (χ4v) is 5.09. The number of hydrogen-bond acceptors (Lipinski definition) is 3. The normalized spacial score (nSPS) is 17.2. The van der Waals surface area contributed by atoms with Crippen molar-refractivity contribution in [2.75, 3.05) is 6.54 Å². The topological polar surface area (TPSA) is 79.6 Å². The number of benzene rings is 2. The van der Waals surface area contributed by atoms with Crippen LogP contribution in [0.3, 0.4) is 0 Å². The van der Waals surface area contributed by atoms with Crippen molar-refractivity contribution in [2.24, 2.45) is 0 Å². The van der Waals surface area contributed by atoms with Gasteiger partial charge in [0.05, 0.1) is 16.5 Å². The molecule has 2 aromatic carbocycles. The first kappa shape index (κ1) is 18.4. The summed E-state index contributed by atoms with van der Waals surface area (Å²) in [6.07, 6.45) is 1.89. The quantitative estimate of drug-likeness (QED) is 0.730. The molecule has 1 aromatic heterocycles. The van der Waals surface area contributed by atoms with Gasteiger partial charge in [-0.3, -0.25) is 0 Å². The minimum absolute atomic E-state index is 0.0153. The Morgan fingerprint density at radius 1 is 1.00 bits per heavy atom. The van der Waals surface area contributed by atoms with Crippen molar-refractivity contribution in [3.05, 3.63) is 89.5 Å². The van der Waals surface area contributed by atoms with Crippen molar-refractivity contribution in [3.63, 3.8) is 0 Å². The van der Waals surface area contributed by atoms with Crippen molar-refractivity contribution in [1.29, 1.82) is 0 Å². The van der Waals surface area contributed by atoms with Crippen molar-refractivity contribution in [1.82, 2.24) is 8.87 Å². The largest absolute Gasteiger partial charge is 0.478 e. The van der Waals surface area contributed by atoms with Gasteiger partial charge in [-0.1, -0.05) is 12.1 Å². The summed E-state index contributed by atoms with van der Waals surface area (Å²) in [6, 6.07) is 14.0. The summed E-state index contributed by atoms with van der Waals surface area (Å²) in [6.45, 7) is 0.735. The third-order valence-corrected chi connectivity index (χ3v) is 6.77. The van der Waals surface area contributed by atoms with Crippen LogP contribution in [0, 0.1) is 5.82 Å². The van der Waals surface area contributed by atoms with Crippen molar-refractivity contribution >= 4 is 16.0 Å². The summed E-state index contributed by atoms with van der Waals surface area (Å²) in [5.74, 6) is -1.52. The molecule has 0 bridgehead atoms. The van der Waals surface area contributed by atoms with E-state index < -0.39 is 27.9 Å². The fraction of sp³-hybridized carbons (Fsp3) is 0.150. The molecule has 8 heteroatoms. The Morgan fingerprint density at radius 2 is 1.68 bits per heavy atom. The Kier molecular flexibility index (Phi) is 4.52. The average molecular weight is 400 g/mol. The van der Waals surface area contributed by atoms with Crippen LogP contribution in [-0.4, -0.2) is 34.9 Å². The van der Waals surface area contributed by atoms with Gasteiger partial charge in [-0.05, 0) is 54.1 Å². The molecule has 1 aliphatic heterocycles. The second-order valence-corrected chi connectivity index (χ2v) is 8.42. The number of halogens is 1. The monoisotopic (exact) mass is 400 g/mol. The third-order valence-electron chi connectivity index (χ3n) is 4.89. The average Bonchev–Trinajstić information content (AvgIpc) is 3.17. The van der Waals surface area contributed by atoms with Gasteiger partial charge in [0, 0.05) is 25.0 Å². The smallest absolute Gasteiger partial charge is 0.335 e. The van der Waals surface area contributed by atoms with Crippen LogP contribution in [0.2, 0.25) is 0 Å². The number of carboxylic acids is 1. The molecule has 4 rings (SSSR count). The number of aromatic carboxylic acids is 1. The number of fused-ring (bicyclic) bond motifs is 1. The number of nitrogens with zero attached hydrogens (tertiary/aromatic N) is 2. The third kappa shape index (κ3) is 3.10. The van der Waals surface area contributed by atoms with Crippen LogP contribution in [0.4, 0.5) is 4.39 Å². The molecule has 0 spiro atoms. The predicted molar refractivity (Wildman–Crippen MR) is 100.0 cm³/mol. The number of carbonyl (C=O) groups is 1. The summed E-state index contributed by atoms with van der Waals surface area (Å²) in [4.78, 5) is 11.1. The van der Waals surface area contributed by atoms with E-state index in [-0.39, 0.29) is 17.0 Å². The molecule has 0 radical (unpaired) electrons. The highest BCUT2D eigenvalue weighted by Crippen LogP contribution is 2.36. The zero-order valence-corrected chi connectivity index (χ0v) is 15.5. The number of carboxylic acid groups (broad SMARTS) is 1. The molecule has 0 fully saturated rings. The summed E-state index contributed by atoms with van der Waals surface area (Å²) in [7, 11) is -3.90. The molecule has 1 aliphatic rings. The van der Waals surface area contributed by atoms with Crippen molar-refractivity contribution in [2.45, 2.75) is 17.5 Å². The van der Waals surface area contributed by atoms with E-state index in [4.69, 9.17) is 5.11 Å². The van der Waals surface area contributed by atoms with E-state index in [2.05, 4.69) is 0 Å². The summed E-state index contributed by atoms with van der Waals surface area (Å²) >= 11 is 0. The minimum Gasteiger partial charge on any atom is -0.478 e. The first-order valence-electron chi connectivity index (χ1n) is 8.63. The van der Waals surface area contributed by atoms with E-state index in [1.165, 1.54) is 40.7 Å². The molecule has 1 unspecified atom stereocenters. The van der Waals surface area contributed by atoms with Gasteiger partial charge in [0.1, 0.15) is 5.82 Å². The molecule has 0 aliphatic carbocycles. The highest BCUT2D eigenvalue weighted by Gasteiger charge is 2.37. The fourth-order valence-electron chi connectivity index (χ4n) is 3.51. The van der Waals surface area contributed by atoms with Gasteiger partial charge in [0.15, 0.2) is 0 Å². The van der Waals surface area contributed by atoms with Gasteiger partial charge in [0.25, 0.3) is 0 Å². The van der Waals surface area contributed by atoms with Crippen molar-refractivity contribution < 1.29 is 22.7 Å². The summed E-state index contributed by atoms with van der Waals surface area (Å²) in [5, 5.41) is 9.03. The van der Waals surface area contributed by atoms with Gasteiger partial charge < -0.3 is 9.67 Å². The van der Waals surface area contributed by atoms with Crippen LogP contribution in [0.15, 0.2) is 71.8 Å². The number of hydrogen-bond donors (Lipinski definition) is 1. The van der Waals surface area contributed by atoms with E-state index in [1.54, 1.807) is 12.1 Å². The van der Waals surface area contributed by atoms with Gasteiger partial charge in [-0.25, -0.2) is 17.6 Å². The van der Waals surface area contributed by atoms with Crippen LogP contribution < -0.4 is 0 Å². The Hall–Kier alpha value is -2.97. The molecule has 1 N–H and O–H groups in total. The Balaban J connectivity index is 1.80. The molecule has 0 saturated heterocycles. The minimum atomic E-state index is -3.90. The van der Waals surface area contributed by atoms with E-state index in [9.17, 15) is 17.6 Å². The molecular weight excluding hydrogens is 383 g/mol. The molecule has 0 saturated carbocycles. The lowest BCUT2D eigenvalue weighted by Crippen LogP contribution is -2.42. The van der Waals surface area contributed by atoms with Gasteiger partial charge >= 0.3 is 5.97 Å². The maximum atomic E-state index is 13.4. The van der Waals surface area contributed by atoms with Crippen LogP contribution in [0.5, 0.6) is 0 Å². The number of sulfonamides is 1. The Labute approximate surface area is 161 Å². The first-order chi connectivity index (χ1) is 13.4. The standard InChI is InChI=1S/C20H17FN2O4S/c21-16-7-3-14(4-8-16)19-18-2-1-11-22(18)12-13-23(19)28(26,27)17-9-5-15(6-10-17)20(24)25/h1-11,19H,12-13H2,(H,24,25). The van der Waals surface area contributed by atoms with Crippen LogP contribution in [-0.2, 0) is 16.6 Å². The predicted octanol–water partition coefficient (Wildman–Crippen LogP) is 3.12. The van der Waals surface area contributed by atoms with Gasteiger partial charge in [-0.15, -0.1) is 0 Å². The molecule has 3 aromatic rings. The Morgan fingerprint density at radius 3 is 2.32 bits per heavy atom. The van der Waals surface area contributed by atoms with Crippen LogP contribution >= 0.6 is 0 Å². The maximum Gasteiger partial charge on any atom is 0.335 e. The Bertz CT molecular complexity index is 1120. The molecular formula is C20H17FN2O4S. The van der Waals surface area contributed by atoms with Gasteiger partial charge in [-0.2, -0.15) is 4.31 Å². The maximum absolute atomic E-state index is 13.4. The van der Waals surface area contributed by atoms with E-state index in [0.717, 1.165) is 5.69 Å². The number of rotatable bonds is 4. The van der Waals surface area contributed by atoms with Gasteiger partial charge in [0.2, 0.25) is 10.0 Å². The highest BCUT2D eigenvalue weighted by molar-refractivity contribution is 7.89. The second-order valence-electron chi connectivity index (χ2n) is 6.53. The molecule has 144 valence electrons. The van der Waals surface area contributed by atoms with E-state index in [0.29, 0.717) is 12.1 Å².